The molecule has 0 aromatic heterocycles. The lowest BCUT2D eigenvalue weighted by molar-refractivity contribution is 0.329. The quantitative estimate of drug-likeness (QED) is 0.786. The van der Waals surface area contributed by atoms with E-state index in [1.807, 2.05) is 12.1 Å². The maximum absolute atomic E-state index is 13.6. The van der Waals surface area contributed by atoms with Gasteiger partial charge in [0.25, 0.3) is 0 Å². The normalized spacial score (nSPS) is 23.7. The molecule has 1 aliphatic heterocycles. The Morgan fingerprint density at radius 1 is 1.40 bits per heavy atom. The fraction of sp³-hybridized carbons (Fsp3) is 0.538. The maximum atomic E-state index is 13.6. The predicted octanol–water partition coefficient (Wildman–Crippen LogP) is 2.93. The molecule has 1 fully saturated rings. The van der Waals surface area contributed by atoms with E-state index in [9.17, 15) is 4.39 Å². The van der Waals surface area contributed by atoms with Crippen molar-refractivity contribution >= 4 is 0 Å². The van der Waals surface area contributed by atoms with Gasteiger partial charge in [-0.3, -0.25) is 0 Å². The molecule has 0 saturated carbocycles. The number of rotatable bonds is 2. The van der Waals surface area contributed by atoms with Crippen molar-refractivity contribution in [2.24, 2.45) is 5.92 Å². The van der Waals surface area contributed by atoms with E-state index in [2.05, 4.69) is 12.2 Å². The molecule has 1 N–H and O–H groups in total. The zero-order valence-electron chi connectivity index (χ0n) is 9.17. The smallest absolute Gasteiger partial charge is 0.126 e. The van der Waals surface area contributed by atoms with Crippen molar-refractivity contribution in [1.82, 2.24) is 5.32 Å². The van der Waals surface area contributed by atoms with Gasteiger partial charge in [0, 0.05) is 0 Å². The minimum absolute atomic E-state index is 0.0597. The molecule has 1 aromatic carbocycles. The zero-order chi connectivity index (χ0) is 10.7. The molecule has 1 aromatic rings. The third-order valence-electron chi connectivity index (χ3n) is 3.44. The zero-order valence-corrected chi connectivity index (χ0v) is 9.17. The van der Waals surface area contributed by atoms with Crippen LogP contribution in [0, 0.1) is 11.7 Å². The van der Waals surface area contributed by atoms with Crippen LogP contribution < -0.4 is 5.32 Å². The predicted molar refractivity (Wildman–Crippen MR) is 60.4 cm³/mol. The lowest BCUT2D eigenvalue weighted by Crippen LogP contribution is -2.32. The molecule has 0 amide bonds. The largest absolute Gasteiger partial charge is 0.316 e. The molecule has 1 saturated heterocycles. The Labute approximate surface area is 90.7 Å². The average Bonchev–Trinajstić information content (AvgIpc) is 2.30. The number of halogens is 1. The number of benzene rings is 1. The highest BCUT2D eigenvalue weighted by Crippen LogP contribution is 2.30. The molecule has 0 bridgehead atoms. The molecule has 82 valence electrons. The molecule has 15 heavy (non-hydrogen) atoms. The Morgan fingerprint density at radius 2 is 2.20 bits per heavy atom. The van der Waals surface area contributed by atoms with Crippen LogP contribution in [0.1, 0.15) is 31.2 Å². The summed E-state index contributed by atoms with van der Waals surface area (Å²) in [5.74, 6) is 0.838. The average molecular weight is 207 g/mol. The Hall–Kier alpha value is -0.890. The van der Waals surface area contributed by atoms with E-state index in [-0.39, 0.29) is 5.82 Å². The van der Waals surface area contributed by atoms with Gasteiger partial charge in [0.05, 0.1) is 0 Å². The third kappa shape index (κ3) is 2.37. The molecule has 2 heteroatoms. The summed E-state index contributed by atoms with van der Waals surface area (Å²) in [4.78, 5) is 0. The summed E-state index contributed by atoms with van der Waals surface area (Å²) < 4.78 is 13.6. The van der Waals surface area contributed by atoms with Gasteiger partial charge in [-0.25, -0.2) is 4.39 Å². The van der Waals surface area contributed by atoms with Crippen LogP contribution in [0.5, 0.6) is 0 Å². The Bertz CT molecular complexity index is 318. The van der Waals surface area contributed by atoms with Gasteiger partial charge < -0.3 is 5.32 Å². The van der Waals surface area contributed by atoms with Crippen LogP contribution in [-0.4, -0.2) is 13.1 Å². The van der Waals surface area contributed by atoms with E-state index >= 15 is 0 Å². The van der Waals surface area contributed by atoms with Crippen molar-refractivity contribution in [2.75, 3.05) is 13.1 Å². The van der Waals surface area contributed by atoms with Crippen molar-refractivity contribution in [1.29, 1.82) is 0 Å². The fourth-order valence-corrected chi connectivity index (χ4v) is 2.40. The highest BCUT2D eigenvalue weighted by molar-refractivity contribution is 5.22. The van der Waals surface area contributed by atoms with Crippen molar-refractivity contribution in [3.63, 3.8) is 0 Å². The second kappa shape index (κ2) is 4.75. The first-order valence-corrected chi connectivity index (χ1v) is 5.74. The van der Waals surface area contributed by atoms with E-state index in [1.54, 1.807) is 12.1 Å². The monoisotopic (exact) mass is 207 g/mol. The molecule has 0 radical (unpaired) electrons. The lowest BCUT2D eigenvalue weighted by atomic mass is 9.83. The van der Waals surface area contributed by atoms with Crippen molar-refractivity contribution < 1.29 is 4.39 Å². The van der Waals surface area contributed by atoms with Gasteiger partial charge in [-0.15, -0.1) is 0 Å². The van der Waals surface area contributed by atoms with Crippen LogP contribution in [0.4, 0.5) is 4.39 Å². The van der Waals surface area contributed by atoms with Gasteiger partial charge >= 0.3 is 0 Å². The first-order chi connectivity index (χ1) is 7.29. The van der Waals surface area contributed by atoms with Gasteiger partial charge in [0.2, 0.25) is 0 Å². The van der Waals surface area contributed by atoms with Crippen LogP contribution >= 0.6 is 0 Å². The highest BCUT2D eigenvalue weighted by Gasteiger charge is 2.22. The molecule has 1 heterocycles. The van der Waals surface area contributed by atoms with Crippen molar-refractivity contribution in [2.45, 2.75) is 25.7 Å². The molecule has 0 spiro atoms. The molecule has 1 nitrogen and oxygen atoms in total. The molecule has 1 aliphatic rings. The van der Waals surface area contributed by atoms with Crippen LogP contribution in [0.3, 0.4) is 0 Å². The summed E-state index contributed by atoms with van der Waals surface area (Å²) in [7, 11) is 0. The summed E-state index contributed by atoms with van der Waals surface area (Å²) in [6.07, 6.45) is 2.42. The topological polar surface area (TPSA) is 12.0 Å². The van der Waals surface area contributed by atoms with E-state index in [0.717, 1.165) is 18.7 Å². The summed E-state index contributed by atoms with van der Waals surface area (Å²) in [5, 5.41) is 3.38. The minimum Gasteiger partial charge on any atom is -0.316 e. The Kier molecular flexibility index (Phi) is 3.37. The molecule has 2 unspecified atom stereocenters. The van der Waals surface area contributed by atoms with E-state index < -0.39 is 0 Å². The van der Waals surface area contributed by atoms with Gasteiger partial charge in [-0.2, -0.15) is 0 Å². The molecular weight excluding hydrogens is 189 g/mol. The van der Waals surface area contributed by atoms with E-state index in [0.29, 0.717) is 11.8 Å². The molecule has 0 aliphatic carbocycles. The first-order valence-electron chi connectivity index (χ1n) is 5.74. The second-order valence-electron chi connectivity index (χ2n) is 4.42. The van der Waals surface area contributed by atoms with Crippen LogP contribution in [-0.2, 0) is 0 Å². The second-order valence-corrected chi connectivity index (χ2v) is 4.42. The molecular formula is C13H18FN. The number of hydrogen-bond acceptors (Lipinski definition) is 1. The van der Waals surface area contributed by atoms with Gasteiger partial charge in [-0.1, -0.05) is 25.1 Å². The Balaban J connectivity index is 2.12. The van der Waals surface area contributed by atoms with E-state index in [4.69, 9.17) is 0 Å². The van der Waals surface area contributed by atoms with Gasteiger partial charge in [-0.05, 0) is 49.4 Å². The van der Waals surface area contributed by atoms with Gasteiger partial charge in [0.15, 0.2) is 0 Å². The number of nitrogens with one attached hydrogen (secondary N) is 1. The molecule has 2 rings (SSSR count). The Morgan fingerprint density at radius 3 is 2.87 bits per heavy atom. The van der Waals surface area contributed by atoms with Crippen LogP contribution in [0.2, 0.25) is 0 Å². The standard InChI is InChI=1S/C13H18FN/c1-10(11-5-4-8-15-9-11)12-6-2-3-7-13(12)14/h2-3,6-7,10-11,15H,4-5,8-9H2,1H3. The maximum Gasteiger partial charge on any atom is 0.126 e. The van der Waals surface area contributed by atoms with Crippen LogP contribution in [0.25, 0.3) is 0 Å². The summed E-state index contributed by atoms with van der Waals surface area (Å²) in [5.41, 5.74) is 0.867. The minimum atomic E-state index is -0.0597. The van der Waals surface area contributed by atoms with Crippen LogP contribution in [0.15, 0.2) is 24.3 Å². The fourth-order valence-electron chi connectivity index (χ4n) is 2.40. The summed E-state index contributed by atoms with van der Waals surface area (Å²) >= 11 is 0. The SMILES string of the molecule is CC(c1ccccc1F)C1CCCNC1. The van der Waals surface area contributed by atoms with Gasteiger partial charge in [0.1, 0.15) is 5.82 Å². The number of hydrogen-bond donors (Lipinski definition) is 1. The molecule has 2 atom stereocenters. The summed E-state index contributed by atoms with van der Waals surface area (Å²) in [6, 6.07) is 7.15. The van der Waals surface area contributed by atoms with Crippen molar-refractivity contribution in [3.8, 4) is 0 Å². The van der Waals surface area contributed by atoms with E-state index in [1.165, 1.54) is 12.8 Å². The lowest BCUT2D eigenvalue weighted by Gasteiger charge is -2.28. The number of piperidine rings is 1. The third-order valence-corrected chi connectivity index (χ3v) is 3.44. The first kappa shape index (κ1) is 10.6. The van der Waals surface area contributed by atoms with Crippen molar-refractivity contribution in [3.05, 3.63) is 35.6 Å². The highest BCUT2D eigenvalue weighted by atomic mass is 19.1. The summed E-state index contributed by atoms with van der Waals surface area (Å²) in [6.45, 7) is 4.27.